The lowest BCUT2D eigenvalue weighted by molar-refractivity contribution is 0.112. The Bertz CT molecular complexity index is 1150. The minimum Gasteiger partial charge on any atom is -0.483 e. The normalized spacial score (nSPS) is 17.9. The van der Waals surface area contributed by atoms with Crippen LogP contribution in [0.4, 0.5) is 0 Å². The van der Waals surface area contributed by atoms with Crippen molar-refractivity contribution in [3.05, 3.63) is 88.4 Å². The summed E-state index contributed by atoms with van der Waals surface area (Å²) in [5.41, 5.74) is 7.39. The zero-order valence-electron chi connectivity index (χ0n) is 20.1. The monoisotopic (exact) mass is 455 g/mol. The van der Waals surface area contributed by atoms with E-state index >= 15 is 0 Å². The Kier molecular flexibility index (Phi) is 6.74. The van der Waals surface area contributed by atoms with Crippen LogP contribution in [-0.4, -0.2) is 44.7 Å². The Morgan fingerprint density at radius 2 is 1.68 bits per heavy atom. The van der Waals surface area contributed by atoms with E-state index < -0.39 is 0 Å². The van der Waals surface area contributed by atoms with Gasteiger partial charge in [-0.25, -0.2) is 5.10 Å². The second-order valence-corrected chi connectivity index (χ2v) is 9.44. The molecule has 1 atom stereocenters. The highest BCUT2D eigenvalue weighted by Crippen LogP contribution is 2.40. The fourth-order valence-electron chi connectivity index (χ4n) is 4.84. The van der Waals surface area contributed by atoms with Crippen LogP contribution in [0.2, 0.25) is 0 Å². The molecule has 34 heavy (non-hydrogen) atoms. The molecule has 5 rings (SSSR count). The quantitative estimate of drug-likeness (QED) is 0.456. The first-order valence-electron chi connectivity index (χ1n) is 12.4. The second kappa shape index (κ2) is 10.2. The molecule has 0 amide bonds. The molecule has 6 nitrogen and oxygen atoms in total. The van der Waals surface area contributed by atoms with Crippen molar-refractivity contribution in [1.29, 1.82) is 0 Å². The van der Waals surface area contributed by atoms with Gasteiger partial charge in [-0.2, -0.15) is 0 Å². The molecule has 2 aliphatic heterocycles. The number of aryl methyl sites for hydroxylation is 3. The molecule has 3 heterocycles. The molecule has 1 saturated heterocycles. The van der Waals surface area contributed by atoms with Crippen molar-refractivity contribution in [2.45, 2.75) is 58.5 Å². The van der Waals surface area contributed by atoms with Gasteiger partial charge in [-0.1, -0.05) is 66.1 Å². The van der Waals surface area contributed by atoms with Gasteiger partial charge >= 0.3 is 0 Å². The number of benzene rings is 2. The lowest BCUT2D eigenvalue weighted by Gasteiger charge is -2.40. The molecule has 0 bridgehead atoms. The number of piperidine rings is 1. The van der Waals surface area contributed by atoms with Gasteiger partial charge in [0.25, 0.3) is 0 Å². The first-order chi connectivity index (χ1) is 16.7. The largest absolute Gasteiger partial charge is 0.483 e. The summed E-state index contributed by atoms with van der Waals surface area (Å²) in [7, 11) is 0. The smallest absolute Gasteiger partial charge is 0.148 e. The number of tetrazole rings is 1. The van der Waals surface area contributed by atoms with E-state index in [0.717, 1.165) is 68.8 Å². The van der Waals surface area contributed by atoms with E-state index in [1.54, 1.807) is 0 Å². The molecule has 1 aromatic heterocycles. The van der Waals surface area contributed by atoms with Gasteiger partial charge in [-0.15, -0.1) is 5.10 Å². The number of unbranched alkanes of at least 4 members (excludes halogenated alkanes) is 2. The maximum atomic E-state index is 6.76. The number of nitrogens with zero attached hydrogens (tertiary/aromatic N) is 4. The van der Waals surface area contributed by atoms with E-state index in [1.807, 2.05) is 0 Å². The molecule has 6 heteroatoms. The van der Waals surface area contributed by atoms with Crippen LogP contribution in [0.25, 0.3) is 11.3 Å². The van der Waals surface area contributed by atoms with Crippen LogP contribution in [0, 0.1) is 13.8 Å². The Labute approximate surface area is 201 Å². The molecule has 176 valence electrons. The van der Waals surface area contributed by atoms with Crippen molar-refractivity contribution in [2.75, 3.05) is 13.1 Å². The summed E-state index contributed by atoms with van der Waals surface area (Å²) in [5.74, 6) is 1.87. The molecule has 0 aliphatic carbocycles. The number of allylic oxidation sites excluding steroid dienone is 2. The first kappa shape index (κ1) is 22.4. The topological polar surface area (TPSA) is 66.9 Å². The highest BCUT2D eigenvalue weighted by Gasteiger charge is 2.32. The summed E-state index contributed by atoms with van der Waals surface area (Å²) >= 11 is 0. The highest BCUT2D eigenvalue weighted by molar-refractivity contribution is 5.94. The van der Waals surface area contributed by atoms with E-state index in [9.17, 15) is 0 Å². The number of H-pyrrole nitrogens is 1. The van der Waals surface area contributed by atoms with Gasteiger partial charge in [0, 0.05) is 30.6 Å². The molecule has 2 aliphatic rings. The minimum absolute atomic E-state index is 0.125. The van der Waals surface area contributed by atoms with Crippen LogP contribution < -0.4 is 0 Å². The number of likely N-dealkylation sites (tertiary alicyclic amines) is 1. The third kappa shape index (κ3) is 5.06. The predicted molar refractivity (Wildman–Crippen MR) is 135 cm³/mol. The molecule has 0 spiro atoms. The van der Waals surface area contributed by atoms with Crippen molar-refractivity contribution in [2.24, 2.45) is 0 Å². The van der Waals surface area contributed by atoms with Gasteiger partial charge in [0.15, 0.2) is 0 Å². The molecule has 1 fully saturated rings. The fraction of sp³-hybridized carbons (Fsp3) is 0.393. The summed E-state index contributed by atoms with van der Waals surface area (Å²) < 4.78 is 6.76. The number of hydrogen-bond acceptors (Lipinski definition) is 5. The molecular formula is C28H33N5O. The summed E-state index contributed by atoms with van der Waals surface area (Å²) in [5, 5.41) is 14.1. The van der Waals surface area contributed by atoms with Crippen molar-refractivity contribution < 1.29 is 4.74 Å². The SMILES string of the molecule is Cc1ccc(C2=C(c3ccc(C)cc3)OC3CCCN(CCCCCc4nnn[nH]4)C3=C2)cc1. The maximum Gasteiger partial charge on any atom is 0.148 e. The molecule has 1 unspecified atom stereocenters. The Morgan fingerprint density at radius 1 is 0.941 bits per heavy atom. The zero-order valence-corrected chi connectivity index (χ0v) is 20.1. The Morgan fingerprint density at radius 3 is 2.38 bits per heavy atom. The molecule has 0 radical (unpaired) electrons. The number of aromatic nitrogens is 4. The van der Waals surface area contributed by atoms with Gasteiger partial charge in [-0.05, 0) is 61.6 Å². The first-order valence-corrected chi connectivity index (χ1v) is 12.4. The lowest BCUT2D eigenvalue weighted by atomic mass is 9.92. The van der Waals surface area contributed by atoms with Crippen LogP contribution in [0.1, 0.15) is 60.2 Å². The zero-order chi connectivity index (χ0) is 23.3. The number of aromatic amines is 1. The van der Waals surface area contributed by atoms with Crippen molar-refractivity contribution in [3.8, 4) is 0 Å². The predicted octanol–water partition coefficient (Wildman–Crippen LogP) is 5.48. The van der Waals surface area contributed by atoms with Gasteiger partial charge in [0.05, 0.1) is 5.70 Å². The third-order valence-corrected chi connectivity index (χ3v) is 6.79. The minimum atomic E-state index is 0.125. The van der Waals surface area contributed by atoms with Crippen LogP contribution >= 0.6 is 0 Å². The standard InChI is InChI=1S/C28H33N5O/c1-20-9-13-22(14-10-20)24-19-25-26(34-28(24)23-15-11-21(2)12-16-23)7-6-18-33(25)17-5-3-4-8-27-29-31-32-30-27/h9-16,19,26H,3-8,17-18H2,1-2H3,(H,29,30,31,32). The van der Waals surface area contributed by atoms with Crippen LogP contribution in [0.5, 0.6) is 0 Å². The van der Waals surface area contributed by atoms with E-state index in [4.69, 9.17) is 4.74 Å². The summed E-state index contributed by atoms with van der Waals surface area (Å²) in [6, 6.07) is 17.5. The van der Waals surface area contributed by atoms with E-state index in [2.05, 4.69) is 94.0 Å². The summed E-state index contributed by atoms with van der Waals surface area (Å²) in [6.45, 7) is 6.41. The molecular weight excluding hydrogens is 422 g/mol. The maximum absolute atomic E-state index is 6.76. The molecule has 3 aromatic rings. The number of ether oxygens (including phenoxy) is 1. The van der Waals surface area contributed by atoms with Crippen molar-refractivity contribution in [3.63, 3.8) is 0 Å². The second-order valence-electron chi connectivity index (χ2n) is 9.44. The van der Waals surface area contributed by atoms with Crippen LogP contribution in [0.3, 0.4) is 0 Å². The summed E-state index contributed by atoms with van der Waals surface area (Å²) in [4.78, 5) is 2.55. The molecule has 2 aromatic carbocycles. The number of fused-ring (bicyclic) bond motifs is 1. The fourth-order valence-corrected chi connectivity index (χ4v) is 4.84. The van der Waals surface area contributed by atoms with Gasteiger partial charge in [0.2, 0.25) is 0 Å². The number of rotatable bonds is 8. The van der Waals surface area contributed by atoms with Gasteiger partial charge in [-0.3, -0.25) is 0 Å². The average Bonchev–Trinajstić information content (AvgIpc) is 3.38. The Hall–Kier alpha value is -3.41. The van der Waals surface area contributed by atoms with Gasteiger partial charge in [0.1, 0.15) is 17.7 Å². The lowest BCUT2D eigenvalue weighted by Crippen LogP contribution is -2.39. The van der Waals surface area contributed by atoms with Crippen molar-refractivity contribution >= 4 is 11.3 Å². The van der Waals surface area contributed by atoms with Gasteiger partial charge < -0.3 is 9.64 Å². The van der Waals surface area contributed by atoms with Crippen LogP contribution in [-0.2, 0) is 11.2 Å². The van der Waals surface area contributed by atoms with Crippen LogP contribution in [0.15, 0.2) is 60.3 Å². The van der Waals surface area contributed by atoms with E-state index in [-0.39, 0.29) is 6.10 Å². The molecule has 1 N–H and O–H groups in total. The Balaban J connectivity index is 1.37. The average molecular weight is 456 g/mol. The number of nitrogens with one attached hydrogen (secondary N) is 1. The van der Waals surface area contributed by atoms with E-state index in [0.29, 0.717) is 0 Å². The van der Waals surface area contributed by atoms with E-state index in [1.165, 1.54) is 28.0 Å². The molecule has 0 saturated carbocycles. The highest BCUT2D eigenvalue weighted by atomic mass is 16.5. The third-order valence-electron chi connectivity index (χ3n) is 6.79. The number of hydrogen-bond donors (Lipinski definition) is 1. The summed E-state index contributed by atoms with van der Waals surface area (Å²) in [6.07, 6.45) is 9.06. The van der Waals surface area contributed by atoms with Crippen molar-refractivity contribution in [1.82, 2.24) is 25.5 Å².